The summed E-state index contributed by atoms with van der Waals surface area (Å²) in [5.74, 6) is 0.995. The van der Waals surface area contributed by atoms with Crippen LogP contribution < -0.4 is 0 Å². The van der Waals surface area contributed by atoms with E-state index in [-0.39, 0.29) is 11.9 Å². The molecular formula is C18H18N4O. The molecule has 0 spiro atoms. The molecule has 3 heterocycles. The maximum Gasteiger partial charge on any atom is 0.245 e. The van der Waals surface area contributed by atoms with Gasteiger partial charge < -0.3 is 9.47 Å². The van der Waals surface area contributed by atoms with E-state index in [9.17, 15) is 4.79 Å². The van der Waals surface area contributed by atoms with Gasteiger partial charge in [0, 0.05) is 43.1 Å². The molecule has 116 valence electrons. The zero-order chi connectivity index (χ0) is 16.0. The highest BCUT2D eigenvalue weighted by Crippen LogP contribution is 2.33. The van der Waals surface area contributed by atoms with Gasteiger partial charge in [0.05, 0.1) is 5.52 Å². The zero-order valence-electron chi connectivity index (χ0n) is 13.2. The standard InChI is InChI=1S/C18H18N4O/c1-12-5-6-14-13(4-3-8-19-14)16(12)17-20-9-11-22(17)15-7-10-21(2)18(15)23/h3-6,8-9,11,15H,7,10H2,1-2H3. The number of imidazole rings is 1. The Bertz CT molecular complexity index is 899. The lowest BCUT2D eigenvalue weighted by Crippen LogP contribution is -2.24. The molecule has 0 bridgehead atoms. The first kappa shape index (κ1) is 13.9. The molecule has 23 heavy (non-hydrogen) atoms. The summed E-state index contributed by atoms with van der Waals surface area (Å²) in [4.78, 5) is 23.2. The van der Waals surface area contributed by atoms with Gasteiger partial charge in [-0.2, -0.15) is 0 Å². The number of amides is 1. The van der Waals surface area contributed by atoms with E-state index < -0.39 is 0 Å². The Morgan fingerprint density at radius 3 is 2.83 bits per heavy atom. The van der Waals surface area contributed by atoms with Gasteiger partial charge in [-0.1, -0.05) is 12.1 Å². The molecule has 0 radical (unpaired) electrons. The van der Waals surface area contributed by atoms with Gasteiger partial charge in [0.2, 0.25) is 5.91 Å². The van der Waals surface area contributed by atoms with Gasteiger partial charge in [0.25, 0.3) is 0 Å². The number of likely N-dealkylation sites (N-methyl/N-ethyl adjacent to an activating group) is 1. The highest BCUT2D eigenvalue weighted by atomic mass is 16.2. The monoisotopic (exact) mass is 306 g/mol. The van der Waals surface area contributed by atoms with Crippen molar-refractivity contribution >= 4 is 16.8 Å². The van der Waals surface area contributed by atoms with Crippen LogP contribution in [0.4, 0.5) is 0 Å². The number of fused-ring (bicyclic) bond motifs is 1. The lowest BCUT2D eigenvalue weighted by atomic mass is 10.0. The lowest BCUT2D eigenvalue weighted by molar-refractivity contribution is -0.129. The first-order chi connectivity index (χ1) is 11.2. The van der Waals surface area contributed by atoms with Gasteiger partial charge in [-0.3, -0.25) is 9.78 Å². The summed E-state index contributed by atoms with van der Waals surface area (Å²) in [5, 5.41) is 1.07. The van der Waals surface area contributed by atoms with E-state index in [0.717, 1.165) is 40.8 Å². The van der Waals surface area contributed by atoms with Crippen LogP contribution >= 0.6 is 0 Å². The fourth-order valence-corrected chi connectivity index (χ4v) is 3.38. The number of likely N-dealkylation sites (tertiary alicyclic amines) is 1. The van der Waals surface area contributed by atoms with E-state index in [1.807, 2.05) is 29.9 Å². The number of aryl methyl sites for hydroxylation is 1. The number of nitrogens with zero attached hydrogens (tertiary/aromatic N) is 4. The van der Waals surface area contributed by atoms with Gasteiger partial charge in [-0.05, 0) is 31.0 Å². The van der Waals surface area contributed by atoms with Crippen LogP contribution in [0, 0.1) is 6.92 Å². The van der Waals surface area contributed by atoms with E-state index in [2.05, 4.69) is 29.0 Å². The van der Waals surface area contributed by atoms with Crippen LogP contribution in [0.5, 0.6) is 0 Å². The SMILES string of the molecule is Cc1ccc2ncccc2c1-c1nccn1C1CCN(C)C1=O. The van der Waals surface area contributed by atoms with Gasteiger partial charge in [0.1, 0.15) is 11.9 Å². The normalized spacial score (nSPS) is 18.1. The van der Waals surface area contributed by atoms with Crippen molar-refractivity contribution in [2.24, 2.45) is 0 Å². The fraction of sp³-hybridized carbons (Fsp3) is 0.278. The van der Waals surface area contributed by atoms with Crippen LogP contribution in [0.2, 0.25) is 0 Å². The maximum atomic E-state index is 12.4. The maximum absolute atomic E-state index is 12.4. The Balaban J connectivity index is 1.92. The van der Waals surface area contributed by atoms with Crippen LogP contribution in [0.15, 0.2) is 42.9 Å². The third-order valence-electron chi connectivity index (χ3n) is 4.62. The second-order valence-corrected chi connectivity index (χ2v) is 6.05. The van der Waals surface area contributed by atoms with Crippen LogP contribution in [0.25, 0.3) is 22.3 Å². The minimum absolute atomic E-state index is 0.153. The highest BCUT2D eigenvalue weighted by molar-refractivity contribution is 5.95. The van der Waals surface area contributed by atoms with Crippen molar-refractivity contribution in [1.82, 2.24) is 19.4 Å². The predicted octanol–water partition coefficient (Wildman–Crippen LogP) is 2.81. The summed E-state index contributed by atoms with van der Waals surface area (Å²) in [6.07, 6.45) is 6.30. The Labute approximate surface area is 134 Å². The molecule has 0 saturated carbocycles. The quantitative estimate of drug-likeness (QED) is 0.731. The number of hydrogen-bond acceptors (Lipinski definition) is 3. The van der Waals surface area contributed by atoms with E-state index in [4.69, 9.17) is 0 Å². The average molecular weight is 306 g/mol. The summed E-state index contributed by atoms with van der Waals surface area (Å²) in [6.45, 7) is 2.86. The van der Waals surface area contributed by atoms with Gasteiger partial charge in [-0.15, -0.1) is 0 Å². The second kappa shape index (κ2) is 5.19. The Hall–Kier alpha value is -2.69. The number of pyridine rings is 1. The Morgan fingerprint density at radius 2 is 2.04 bits per heavy atom. The summed E-state index contributed by atoms with van der Waals surface area (Å²) >= 11 is 0. The number of rotatable bonds is 2. The summed E-state index contributed by atoms with van der Waals surface area (Å²) in [6, 6.07) is 7.92. The van der Waals surface area contributed by atoms with E-state index >= 15 is 0 Å². The third kappa shape index (κ3) is 2.11. The molecule has 3 aromatic rings. The number of carbonyl (C=O) groups is 1. The molecule has 1 saturated heterocycles. The highest BCUT2D eigenvalue weighted by Gasteiger charge is 2.32. The average Bonchev–Trinajstić information content (AvgIpc) is 3.15. The number of benzene rings is 1. The van der Waals surface area contributed by atoms with Gasteiger partial charge in [0.15, 0.2) is 0 Å². The van der Waals surface area contributed by atoms with Crippen molar-refractivity contribution in [3.8, 4) is 11.4 Å². The predicted molar refractivity (Wildman–Crippen MR) is 89.0 cm³/mol. The first-order valence-corrected chi connectivity index (χ1v) is 7.79. The van der Waals surface area contributed by atoms with Crippen LogP contribution in [0.1, 0.15) is 18.0 Å². The van der Waals surface area contributed by atoms with Crippen molar-refractivity contribution in [2.45, 2.75) is 19.4 Å². The summed E-state index contributed by atoms with van der Waals surface area (Å²) < 4.78 is 2.01. The zero-order valence-corrected chi connectivity index (χ0v) is 13.2. The van der Waals surface area contributed by atoms with E-state index in [1.54, 1.807) is 17.3 Å². The van der Waals surface area contributed by atoms with Crippen LogP contribution in [-0.2, 0) is 4.79 Å². The topological polar surface area (TPSA) is 51.0 Å². The van der Waals surface area contributed by atoms with Crippen molar-refractivity contribution in [3.63, 3.8) is 0 Å². The van der Waals surface area contributed by atoms with Gasteiger partial charge in [-0.25, -0.2) is 4.98 Å². The molecule has 1 aliphatic rings. The number of carbonyl (C=O) groups excluding carboxylic acids is 1. The summed E-state index contributed by atoms with van der Waals surface area (Å²) in [5.41, 5.74) is 3.14. The molecule has 2 aromatic heterocycles. The van der Waals surface area contributed by atoms with Crippen LogP contribution in [-0.4, -0.2) is 38.9 Å². The fourth-order valence-electron chi connectivity index (χ4n) is 3.38. The van der Waals surface area contributed by atoms with Gasteiger partial charge >= 0.3 is 0 Å². The molecule has 1 unspecified atom stereocenters. The molecule has 0 aliphatic carbocycles. The second-order valence-electron chi connectivity index (χ2n) is 6.05. The van der Waals surface area contributed by atoms with Crippen molar-refractivity contribution in [2.75, 3.05) is 13.6 Å². The molecule has 1 fully saturated rings. The Morgan fingerprint density at radius 1 is 1.17 bits per heavy atom. The molecule has 1 atom stereocenters. The van der Waals surface area contributed by atoms with Crippen molar-refractivity contribution in [3.05, 3.63) is 48.4 Å². The van der Waals surface area contributed by atoms with Crippen molar-refractivity contribution in [1.29, 1.82) is 0 Å². The molecule has 1 aromatic carbocycles. The number of aromatic nitrogens is 3. The van der Waals surface area contributed by atoms with Crippen LogP contribution in [0.3, 0.4) is 0 Å². The molecule has 4 rings (SSSR count). The molecule has 5 nitrogen and oxygen atoms in total. The minimum Gasteiger partial charge on any atom is -0.344 e. The number of hydrogen-bond donors (Lipinski definition) is 0. The van der Waals surface area contributed by atoms with Crippen molar-refractivity contribution < 1.29 is 4.79 Å². The Kier molecular flexibility index (Phi) is 3.15. The summed E-state index contributed by atoms with van der Waals surface area (Å²) in [7, 11) is 1.85. The van der Waals surface area contributed by atoms with E-state index in [0.29, 0.717) is 0 Å². The molecular weight excluding hydrogens is 288 g/mol. The van der Waals surface area contributed by atoms with E-state index in [1.165, 1.54) is 0 Å². The first-order valence-electron chi connectivity index (χ1n) is 7.79. The smallest absolute Gasteiger partial charge is 0.245 e. The lowest BCUT2D eigenvalue weighted by Gasteiger charge is -2.17. The molecule has 1 aliphatic heterocycles. The third-order valence-corrected chi connectivity index (χ3v) is 4.62. The molecule has 0 N–H and O–H groups in total. The molecule has 5 heteroatoms. The largest absolute Gasteiger partial charge is 0.344 e. The minimum atomic E-state index is -0.163. The molecule has 1 amide bonds.